The van der Waals surface area contributed by atoms with E-state index >= 15 is 0 Å². The minimum absolute atomic E-state index is 0.0328. The Morgan fingerprint density at radius 2 is 1.54 bits per heavy atom. The summed E-state index contributed by atoms with van der Waals surface area (Å²) in [5.74, 6) is 0.0900. The van der Waals surface area contributed by atoms with Crippen LogP contribution in [0.15, 0.2) is 59.5 Å². The van der Waals surface area contributed by atoms with Crippen LogP contribution in [0, 0.1) is 6.92 Å². The van der Waals surface area contributed by atoms with Crippen molar-refractivity contribution in [1.29, 1.82) is 0 Å². The second-order valence-electron chi connectivity index (χ2n) is 8.06. The molecule has 0 saturated carbocycles. The van der Waals surface area contributed by atoms with Crippen molar-refractivity contribution in [2.24, 2.45) is 0 Å². The molecule has 1 unspecified atom stereocenters. The molecule has 1 heterocycles. The maximum atomic E-state index is 13.4. The lowest BCUT2D eigenvalue weighted by Crippen LogP contribution is -2.13. The fraction of sp³-hybridized carbons (Fsp3) is 0.250. The molecule has 186 valence electrons. The first kappa shape index (κ1) is 25.1. The van der Waals surface area contributed by atoms with Crippen LogP contribution in [0.2, 0.25) is 0 Å². The maximum Gasteiger partial charge on any atom is 0.416 e. The topological polar surface area (TPSA) is 52.6 Å². The van der Waals surface area contributed by atoms with E-state index in [9.17, 15) is 34.8 Å². The molecule has 0 fully saturated rings. The second kappa shape index (κ2) is 8.56. The Balaban J connectivity index is 1.83. The largest absolute Gasteiger partial charge is 0.484 e. The molecule has 0 bridgehead atoms. The van der Waals surface area contributed by atoms with Crippen molar-refractivity contribution in [3.63, 3.8) is 0 Å². The number of alkyl halides is 6. The number of hydrogen-bond acceptors (Lipinski definition) is 4. The molecule has 0 N–H and O–H groups in total. The lowest BCUT2D eigenvalue weighted by molar-refractivity contribution is -0.143. The molecule has 0 spiro atoms. The van der Waals surface area contributed by atoms with Gasteiger partial charge in [-0.05, 0) is 42.3 Å². The summed E-state index contributed by atoms with van der Waals surface area (Å²) in [5.41, 5.74) is -1.66. The van der Waals surface area contributed by atoms with Gasteiger partial charge >= 0.3 is 12.4 Å². The Hall–Kier alpha value is -3.05. The van der Waals surface area contributed by atoms with Crippen molar-refractivity contribution < 1.29 is 43.7 Å². The third-order valence-electron chi connectivity index (χ3n) is 5.66. The second-order valence-corrected chi connectivity index (χ2v) is 9.74. The zero-order valence-electron chi connectivity index (χ0n) is 18.3. The first-order valence-electron chi connectivity index (χ1n) is 10.2. The molecular formula is C24H18F6O4S. The third kappa shape index (κ3) is 4.87. The molecule has 0 radical (unpaired) electrons. The Labute approximate surface area is 197 Å². The number of halogens is 6. The molecule has 0 aliphatic carbocycles. The summed E-state index contributed by atoms with van der Waals surface area (Å²) >= 11 is 0. The quantitative estimate of drug-likeness (QED) is 0.286. The van der Waals surface area contributed by atoms with Gasteiger partial charge in [-0.3, -0.25) is 4.18 Å². The van der Waals surface area contributed by atoms with Crippen LogP contribution in [0.3, 0.4) is 0 Å². The minimum atomic E-state index is -5.00. The number of para-hydroxylation sites is 1. The molecule has 1 aliphatic rings. The highest BCUT2D eigenvalue weighted by Gasteiger charge is 2.38. The van der Waals surface area contributed by atoms with Crippen LogP contribution in [0.1, 0.15) is 33.9 Å². The Bertz CT molecular complexity index is 1360. The number of aryl methyl sites for hydroxylation is 1. The van der Waals surface area contributed by atoms with E-state index < -0.39 is 39.7 Å². The molecule has 35 heavy (non-hydrogen) atoms. The van der Waals surface area contributed by atoms with E-state index in [1.165, 1.54) is 18.2 Å². The summed E-state index contributed by atoms with van der Waals surface area (Å²) in [4.78, 5) is -0.136. The monoisotopic (exact) mass is 516 g/mol. The molecule has 4 nitrogen and oxygen atoms in total. The van der Waals surface area contributed by atoms with Crippen LogP contribution < -0.4 is 4.74 Å². The van der Waals surface area contributed by atoms with Crippen molar-refractivity contribution in [2.45, 2.75) is 36.7 Å². The predicted molar refractivity (Wildman–Crippen MR) is 114 cm³/mol. The fourth-order valence-electron chi connectivity index (χ4n) is 4.02. The van der Waals surface area contributed by atoms with Gasteiger partial charge in [-0.25, -0.2) is 0 Å². The summed E-state index contributed by atoms with van der Waals surface area (Å²) in [7, 11) is -3.10. The molecule has 11 heteroatoms. The molecule has 0 amide bonds. The summed E-state index contributed by atoms with van der Waals surface area (Å²) in [5, 5.41) is 0. The van der Waals surface area contributed by atoms with E-state index in [-0.39, 0.29) is 39.8 Å². The minimum Gasteiger partial charge on any atom is -0.484 e. The van der Waals surface area contributed by atoms with Crippen LogP contribution in [-0.2, 0) is 33.1 Å². The van der Waals surface area contributed by atoms with Gasteiger partial charge in [0.2, 0.25) is 0 Å². The van der Waals surface area contributed by atoms with Crippen LogP contribution in [0.4, 0.5) is 26.3 Å². The van der Waals surface area contributed by atoms with Crippen LogP contribution in [-0.4, -0.2) is 15.5 Å². The maximum absolute atomic E-state index is 13.4. The molecule has 0 aromatic heterocycles. The predicted octanol–water partition coefficient (Wildman–Crippen LogP) is 6.71. The van der Waals surface area contributed by atoms with Crippen molar-refractivity contribution in [3.8, 4) is 16.9 Å². The Kier molecular flexibility index (Phi) is 6.13. The van der Waals surface area contributed by atoms with Gasteiger partial charge in [-0.1, -0.05) is 35.9 Å². The number of rotatable bonds is 4. The smallest absolute Gasteiger partial charge is 0.416 e. The van der Waals surface area contributed by atoms with Gasteiger partial charge < -0.3 is 4.74 Å². The summed E-state index contributed by atoms with van der Waals surface area (Å²) in [6, 6.07) is 10.3. The van der Waals surface area contributed by atoms with E-state index in [0.717, 1.165) is 12.7 Å². The SMILES string of the molecule is COS(=O)(=O)c1ccc(C)cc1C1Cc2cccc(-c3cc(C(F)(F)F)cc(C(F)(F)F)c3)c2O1. The van der Waals surface area contributed by atoms with E-state index in [1.807, 2.05) is 0 Å². The van der Waals surface area contributed by atoms with Crippen molar-refractivity contribution in [3.05, 3.63) is 82.4 Å². The Morgan fingerprint density at radius 1 is 0.914 bits per heavy atom. The van der Waals surface area contributed by atoms with Gasteiger partial charge in [0.1, 0.15) is 16.7 Å². The first-order chi connectivity index (χ1) is 16.2. The lowest BCUT2D eigenvalue weighted by Gasteiger charge is -2.18. The van der Waals surface area contributed by atoms with Gasteiger partial charge in [0.15, 0.2) is 0 Å². The lowest BCUT2D eigenvalue weighted by atomic mass is 9.96. The molecule has 3 aromatic carbocycles. The highest BCUT2D eigenvalue weighted by Crippen LogP contribution is 2.46. The zero-order valence-corrected chi connectivity index (χ0v) is 19.1. The van der Waals surface area contributed by atoms with Crippen molar-refractivity contribution in [1.82, 2.24) is 0 Å². The van der Waals surface area contributed by atoms with Gasteiger partial charge in [-0.15, -0.1) is 0 Å². The van der Waals surface area contributed by atoms with Crippen LogP contribution in [0.25, 0.3) is 11.1 Å². The standard InChI is InChI=1S/C24H18F6O4S/c1-13-6-7-21(35(31,32)33-2)19(8-13)20-11-14-4-3-5-18(22(14)34-20)15-9-16(23(25,26)27)12-17(10-15)24(28,29)30/h3-10,12,20H,11H2,1-2H3. The van der Waals surface area contributed by atoms with E-state index in [4.69, 9.17) is 4.74 Å². The van der Waals surface area contributed by atoms with Gasteiger partial charge in [-0.2, -0.15) is 34.8 Å². The molecule has 0 saturated heterocycles. The number of fused-ring (bicyclic) bond motifs is 1. The highest BCUT2D eigenvalue weighted by atomic mass is 32.2. The average molecular weight is 516 g/mol. The van der Waals surface area contributed by atoms with Gasteiger partial charge in [0, 0.05) is 17.5 Å². The molecule has 3 aromatic rings. The number of ether oxygens (including phenoxy) is 1. The molecule has 1 atom stereocenters. The Morgan fingerprint density at radius 3 is 2.11 bits per heavy atom. The number of hydrogen-bond donors (Lipinski definition) is 0. The van der Waals surface area contributed by atoms with Crippen LogP contribution in [0.5, 0.6) is 5.75 Å². The summed E-state index contributed by atoms with van der Waals surface area (Å²) in [6.45, 7) is 1.74. The van der Waals surface area contributed by atoms with E-state index in [2.05, 4.69) is 4.18 Å². The van der Waals surface area contributed by atoms with E-state index in [1.54, 1.807) is 25.1 Å². The molecule has 1 aliphatic heterocycles. The van der Waals surface area contributed by atoms with Crippen molar-refractivity contribution >= 4 is 10.1 Å². The highest BCUT2D eigenvalue weighted by molar-refractivity contribution is 7.86. The first-order valence-corrected chi connectivity index (χ1v) is 11.6. The zero-order chi connectivity index (χ0) is 25.8. The molecule has 4 rings (SSSR count). The average Bonchev–Trinajstić information content (AvgIpc) is 3.22. The van der Waals surface area contributed by atoms with E-state index in [0.29, 0.717) is 17.7 Å². The third-order valence-corrected chi connectivity index (χ3v) is 7.01. The molecular weight excluding hydrogens is 498 g/mol. The summed E-state index contributed by atoms with van der Waals surface area (Å²) in [6.07, 6.45) is -10.7. The number of benzene rings is 3. The van der Waals surface area contributed by atoms with Gasteiger partial charge in [0.25, 0.3) is 10.1 Å². The fourth-order valence-corrected chi connectivity index (χ4v) is 4.91. The summed E-state index contributed by atoms with van der Waals surface area (Å²) < 4.78 is 116. The van der Waals surface area contributed by atoms with Gasteiger partial charge in [0.05, 0.1) is 18.2 Å². The van der Waals surface area contributed by atoms with Crippen LogP contribution >= 0.6 is 0 Å². The van der Waals surface area contributed by atoms with Crippen molar-refractivity contribution in [2.75, 3.05) is 7.11 Å². The normalized spacial score (nSPS) is 16.2.